The lowest BCUT2D eigenvalue weighted by Crippen LogP contribution is -2.35. The summed E-state index contributed by atoms with van der Waals surface area (Å²) < 4.78 is 0. The van der Waals surface area contributed by atoms with Crippen molar-refractivity contribution in [1.29, 1.82) is 0 Å². The first kappa shape index (κ1) is 9.96. The second-order valence-corrected chi connectivity index (χ2v) is 3.50. The first-order chi connectivity index (χ1) is 5.93. The Bertz CT molecular complexity index is 99.9. The van der Waals surface area contributed by atoms with Crippen LogP contribution < -0.4 is 16.0 Å². The highest BCUT2D eigenvalue weighted by Crippen LogP contribution is 2.09. The molecule has 72 valence electrons. The Morgan fingerprint density at radius 1 is 1.25 bits per heavy atom. The highest BCUT2D eigenvalue weighted by molar-refractivity contribution is 4.70. The van der Waals surface area contributed by atoms with Crippen LogP contribution in [0.1, 0.15) is 12.8 Å². The third-order valence-electron chi connectivity index (χ3n) is 2.44. The Balaban J connectivity index is 1.91. The molecular formula is C9H21N3. The van der Waals surface area contributed by atoms with Crippen LogP contribution in [0.15, 0.2) is 0 Å². The van der Waals surface area contributed by atoms with Crippen molar-refractivity contribution in [1.82, 2.24) is 16.0 Å². The first-order valence-corrected chi connectivity index (χ1v) is 4.99. The summed E-state index contributed by atoms with van der Waals surface area (Å²) in [5.41, 5.74) is 0. The van der Waals surface area contributed by atoms with E-state index in [1.807, 2.05) is 7.05 Å². The van der Waals surface area contributed by atoms with Crippen molar-refractivity contribution in [2.45, 2.75) is 12.8 Å². The molecule has 1 fully saturated rings. The number of likely N-dealkylation sites (N-methyl/N-ethyl adjacent to an activating group) is 1. The molecule has 0 aromatic rings. The smallest absolute Gasteiger partial charge is 0.00767 e. The summed E-state index contributed by atoms with van der Waals surface area (Å²) in [6.45, 7) is 5.78. The van der Waals surface area contributed by atoms with Gasteiger partial charge >= 0.3 is 0 Å². The predicted octanol–water partition coefficient (Wildman–Crippen LogP) is -0.205. The second kappa shape index (κ2) is 6.40. The zero-order valence-corrected chi connectivity index (χ0v) is 8.03. The van der Waals surface area contributed by atoms with Gasteiger partial charge < -0.3 is 16.0 Å². The second-order valence-electron chi connectivity index (χ2n) is 3.50. The van der Waals surface area contributed by atoms with Gasteiger partial charge in [0.05, 0.1) is 0 Å². The topological polar surface area (TPSA) is 36.1 Å². The first-order valence-electron chi connectivity index (χ1n) is 4.99. The maximum Gasteiger partial charge on any atom is 0.00767 e. The molecule has 0 saturated carbocycles. The highest BCUT2D eigenvalue weighted by Gasteiger charge is 2.11. The minimum atomic E-state index is 0.906. The number of piperidine rings is 1. The fourth-order valence-electron chi connectivity index (χ4n) is 1.61. The van der Waals surface area contributed by atoms with Crippen LogP contribution in [0.5, 0.6) is 0 Å². The van der Waals surface area contributed by atoms with Gasteiger partial charge in [-0.05, 0) is 45.4 Å². The molecule has 1 heterocycles. The quantitative estimate of drug-likeness (QED) is 0.501. The third-order valence-corrected chi connectivity index (χ3v) is 2.44. The fraction of sp³-hybridized carbons (Fsp3) is 1.00. The average molecular weight is 171 g/mol. The molecule has 1 saturated heterocycles. The highest BCUT2D eigenvalue weighted by atomic mass is 14.9. The van der Waals surface area contributed by atoms with Crippen molar-refractivity contribution in [3.63, 3.8) is 0 Å². The van der Waals surface area contributed by atoms with Crippen LogP contribution in [0.4, 0.5) is 0 Å². The molecular weight excluding hydrogens is 150 g/mol. The Labute approximate surface area is 75.3 Å². The zero-order chi connectivity index (χ0) is 8.65. The number of hydrogen-bond donors (Lipinski definition) is 3. The normalized spacial score (nSPS) is 19.8. The van der Waals surface area contributed by atoms with Gasteiger partial charge in [-0.3, -0.25) is 0 Å². The van der Waals surface area contributed by atoms with Gasteiger partial charge in [-0.1, -0.05) is 0 Å². The molecule has 0 aromatic carbocycles. The van der Waals surface area contributed by atoms with Crippen LogP contribution in [-0.4, -0.2) is 39.8 Å². The van der Waals surface area contributed by atoms with Crippen LogP contribution in [0, 0.1) is 5.92 Å². The van der Waals surface area contributed by atoms with Crippen LogP contribution in [0.2, 0.25) is 0 Å². The Kier molecular flexibility index (Phi) is 5.32. The number of hydrogen-bond acceptors (Lipinski definition) is 3. The van der Waals surface area contributed by atoms with Crippen LogP contribution >= 0.6 is 0 Å². The number of nitrogens with one attached hydrogen (secondary N) is 3. The van der Waals surface area contributed by atoms with E-state index in [-0.39, 0.29) is 0 Å². The Morgan fingerprint density at radius 3 is 2.67 bits per heavy atom. The van der Waals surface area contributed by atoms with Crippen molar-refractivity contribution in [3.05, 3.63) is 0 Å². The average Bonchev–Trinajstić information content (AvgIpc) is 2.14. The van der Waals surface area contributed by atoms with Crippen LogP contribution in [0.3, 0.4) is 0 Å². The summed E-state index contributed by atoms with van der Waals surface area (Å²) in [7, 11) is 1.99. The van der Waals surface area contributed by atoms with Gasteiger partial charge in [0.1, 0.15) is 0 Å². The summed E-state index contributed by atoms with van der Waals surface area (Å²) >= 11 is 0. The third kappa shape index (κ3) is 4.04. The number of rotatable bonds is 5. The van der Waals surface area contributed by atoms with Gasteiger partial charge in [0.2, 0.25) is 0 Å². The van der Waals surface area contributed by atoms with Gasteiger partial charge in [-0.2, -0.15) is 0 Å². The molecule has 1 aliphatic heterocycles. The summed E-state index contributed by atoms with van der Waals surface area (Å²) in [5, 5.41) is 9.97. The summed E-state index contributed by atoms with van der Waals surface area (Å²) in [6, 6.07) is 0. The lowest BCUT2D eigenvalue weighted by molar-refractivity contribution is 0.357. The van der Waals surface area contributed by atoms with E-state index in [4.69, 9.17) is 0 Å². The largest absolute Gasteiger partial charge is 0.318 e. The van der Waals surface area contributed by atoms with E-state index in [1.54, 1.807) is 0 Å². The maximum absolute atomic E-state index is 3.47. The van der Waals surface area contributed by atoms with E-state index in [2.05, 4.69) is 16.0 Å². The van der Waals surface area contributed by atoms with E-state index < -0.39 is 0 Å². The molecule has 3 N–H and O–H groups in total. The minimum Gasteiger partial charge on any atom is -0.318 e. The van der Waals surface area contributed by atoms with E-state index in [0.29, 0.717) is 0 Å². The molecule has 0 aromatic heterocycles. The molecule has 3 nitrogen and oxygen atoms in total. The molecule has 0 aliphatic carbocycles. The Morgan fingerprint density at radius 2 is 2.00 bits per heavy atom. The zero-order valence-electron chi connectivity index (χ0n) is 8.03. The lowest BCUT2D eigenvalue weighted by atomic mass is 9.98. The van der Waals surface area contributed by atoms with Crippen molar-refractivity contribution in [3.8, 4) is 0 Å². The molecule has 12 heavy (non-hydrogen) atoms. The van der Waals surface area contributed by atoms with Gasteiger partial charge in [0, 0.05) is 13.1 Å². The molecule has 0 unspecified atom stereocenters. The maximum atomic E-state index is 3.47. The molecule has 1 rings (SSSR count). The summed E-state index contributed by atoms with van der Waals surface area (Å²) in [4.78, 5) is 0. The van der Waals surface area contributed by atoms with Gasteiger partial charge in [0.15, 0.2) is 0 Å². The molecule has 0 spiro atoms. The SMILES string of the molecule is CNCCNCC1CCNCC1. The Hall–Kier alpha value is -0.120. The van der Waals surface area contributed by atoms with Crippen LogP contribution in [-0.2, 0) is 0 Å². The minimum absolute atomic E-state index is 0.906. The summed E-state index contributed by atoms with van der Waals surface area (Å²) in [5.74, 6) is 0.906. The standard InChI is InChI=1S/C9H21N3/c1-10-6-7-12-8-9-2-4-11-5-3-9/h9-12H,2-8H2,1H3. The molecule has 1 aliphatic rings. The molecule has 0 bridgehead atoms. The van der Waals surface area contributed by atoms with E-state index >= 15 is 0 Å². The van der Waals surface area contributed by atoms with Crippen molar-refractivity contribution >= 4 is 0 Å². The summed E-state index contributed by atoms with van der Waals surface area (Å²) in [6.07, 6.45) is 2.68. The van der Waals surface area contributed by atoms with Gasteiger partial charge in [-0.25, -0.2) is 0 Å². The van der Waals surface area contributed by atoms with Crippen LogP contribution in [0.25, 0.3) is 0 Å². The monoisotopic (exact) mass is 171 g/mol. The molecule has 0 atom stereocenters. The molecule has 0 radical (unpaired) electrons. The van der Waals surface area contributed by atoms with Gasteiger partial charge in [0.25, 0.3) is 0 Å². The predicted molar refractivity (Wildman–Crippen MR) is 52.4 cm³/mol. The van der Waals surface area contributed by atoms with E-state index in [1.165, 1.54) is 32.5 Å². The van der Waals surface area contributed by atoms with E-state index in [9.17, 15) is 0 Å². The van der Waals surface area contributed by atoms with Gasteiger partial charge in [-0.15, -0.1) is 0 Å². The lowest BCUT2D eigenvalue weighted by Gasteiger charge is -2.22. The van der Waals surface area contributed by atoms with Crippen molar-refractivity contribution in [2.24, 2.45) is 5.92 Å². The van der Waals surface area contributed by atoms with E-state index in [0.717, 1.165) is 19.0 Å². The molecule has 0 amide bonds. The van der Waals surface area contributed by atoms with Crippen molar-refractivity contribution in [2.75, 3.05) is 39.8 Å². The molecule has 3 heteroatoms. The fourth-order valence-corrected chi connectivity index (χ4v) is 1.61. The van der Waals surface area contributed by atoms with Crippen molar-refractivity contribution < 1.29 is 0 Å².